The fourth-order valence-corrected chi connectivity index (χ4v) is 2.58. The third-order valence-corrected chi connectivity index (χ3v) is 3.53. The van der Waals surface area contributed by atoms with Crippen molar-refractivity contribution < 1.29 is 0 Å². The molecule has 2 rings (SSSR count). The summed E-state index contributed by atoms with van der Waals surface area (Å²) in [6.45, 7) is 6.33. The monoisotopic (exact) mass is 244 g/mol. The standard InChI is InChI=1S/C16H24N2/c1-15(2,3)17-18-16(12-8-5-9-13-16)14-10-6-4-7-11-14/h4,6-7,10-11H,5,8-9,12-13H2,1-3H3. The van der Waals surface area contributed by atoms with Crippen molar-refractivity contribution >= 4 is 0 Å². The van der Waals surface area contributed by atoms with Crippen molar-refractivity contribution in [3.8, 4) is 0 Å². The lowest BCUT2D eigenvalue weighted by Crippen LogP contribution is -2.27. The molecule has 1 saturated carbocycles. The van der Waals surface area contributed by atoms with Crippen molar-refractivity contribution in [1.82, 2.24) is 0 Å². The number of benzene rings is 1. The molecule has 0 spiro atoms. The summed E-state index contributed by atoms with van der Waals surface area (Å²) < 4.78 is 0. The van der Waals surface area contributed by atoms with Crippen LogP contribution in [0.1, 0.15) is 58.4 Å². The molecule has 2 nitrogen and oxygen atoms in total. The Kier molecular flexibility index (Phi) is 3.84. The van der Waals surface area contributed by atoms with E-state index in [1.54, 1.807) is 0 Å². The molecule has 0 heterocycles. The van der Waals surface area contributed by atoms with Gasteiger partial charge in [0.2, 0.25) is 0 Å². The second-order valence-corrected chi connectivity index (χ2v) is 6.33. The number of hydrogen-bond acceptors (Lipinski definition) is 2. The van der Waals surface area contributed by atoms with E-state index in [1.807, 2.05) is 0 Å². The number of hydrogen-bond donors (Lipinski definition) is 0. The fraction of sp³-hybridized carbons (Fsp3) is 0.625. The molecule has 98 valence electrons. The molecule has 0 unspecified atom stereocenters. The van der Waals surface area contributed by atoms with Gasteiger partial charge in [-0.3, -0.25) is 0 Å². The molecule has 2 heteroatoms. The highest BCUT2D eigenvalue weighted by Crippen LogP contribution is 2.41. The molecule has 0 bridgehead atoms. The number of azo groups is 1. The van der Waals surface area contributed by atoms with Gasteiger partial charge in [-0.15, -0.1) is 0 Å². The van der Waals surface area contributed by atoms with E-state index in [2.05, 4.69) is 56.2 Å². The molecule has 0 amide bonds. The van der Waals surface area contributed by atoms with Crippen LogP contribution in [0.5, 0.6) is 0 Å². The molecule has 0 radical (unpaired) electrons. The number of nitrogens with zero attached hydrogens (tertiary/aromatic N) is 2. The van der Waals surface area contributed by atoms with Crippen molar-refractivity contribution in [3.05, 3.63) is 35.9 Å². The van der Waals surface area contributed by atoms with E-state index in [0.717, 1.165) is 12.8 Å². The molecule has 1 aromatic carbocycles. The summed E-state index contributed by atoms with van der Waals surface area (Å²) in [5.74, 6) is 0. The summed E-state index contributed by atoms with van der Waals surface area (Å²) in [4.78, 5) is 0. The largest absolute Gasteiger partial charge is 0.187 e. The van der Waals surface area contributed by atoms with Crippen molar-refractivity contribution in [2.24, 2.45) is 10.2 Å². The lowest BCUT2D eigenvalue weighted by molar-refractivity contribution is 0.280. The molecule has 1 aliphatic rings. The maximum Gasteiger partial charge on any atom is 0.106 e. The van der Waals surface area contributed by atoms with Crippen molar-refractivity contribution in [2.45, 2.75) is 64.0 Å². The molecule has 18 heavy (non-hydrogen) atoms. The van der Waals surface area contributed by atoms with E-state index in [1.165, 1.54) is 24.8 Å². The first-order valence-electron chi connectivity index (χ1n) is 7.02. The first kappa shape index (κ1) is 13.3. The van der Waals surface area contributed by atoms with E-state index in [-0.39, 0.29) is 11.1 Å². The smallest absolute Gasteiger partial charge is 0.106 e. The maximum absolute atomic E-state index is 4.78. The van der Waals surface area contributed by atoms with Crippen LogP contribution in [0.25, 0.3) is 0 Å². The Balaban J connectivity index is 2.32. The Morgan fingerprint density at radius 2 is 1.56 bits per heavy atom. The first-order valence-corrected chi connectivity index (χ1v) is 7.02. The number of rotatable bonds is 2. The Morgan fingerprint density at radius 1 is 0.944 bits per heavy atom. The van der Waals surface area contributed by atoms with Gasteiger partial charge in [0.05, 0.1) is 5.54 Å². The van der Waals surface area contributed by atoms with Crippen LogP contribution in [-0.4, -0.2) is 5.54 Å². The fourth-order valence-electron chi connectivity index (χ4n) is 2.58. The third-order valence-electron chi connectivity index (χ3n) is 3.53. The van der Waals surface area contributed by atoms with Crippen LogP contribution in [0, 0.1) is 0 Å². The van der Waals surface area contributed by atoms with E-state index in [0.29, 0.717) is 0 Å². The van der Waals surface area contributed by atoms with E-state index < -0.39 is 0 Å². The molecule has 1 aliphatic carbocycles. The summed E-state index contributed by atoms with van der Waals surface area (Å²) in [6.07, 6.45) is 6.13. The second kappa shape index (κ2) is 5.21. The van der Waals surface area contributed by atoms with Gasteiger partial charge >= 0.3 is 0 Å². The maximum atomic E-state index is 4.78. The summed E-state index contributed by atoms with van der Waals surface area (Å²) in [5, 5.41) is 9.33. The minimum atomic E-state index is -0.0841. The molecule has 0 saturated heterocycles. The highest BCUT2D eigenvalue weighted by atomic mass is 15.2. The predicted molar refractivity (Wildman–Crippen MR) is 75.8 cm³/mol. The summed E-state index contributed by atoms with van der Waals surface area (Å²) in [7, 11) is 0. The average Bonchev–Trinajstić information content (AvgIpc) is 2.38. The zero-order chi connectivity index (χ0) is 13.1. The van der Waals surface area contributed by atoms with Crippen LogP contribution < -0.4 is 0 Å². The molecule has 0 aromatic heterocycles. The van der Waals surface area contributed by atoms with Gasteiger partial charge in [0.1, 0.15) is 5.54 Å². The summed E-state index contributed by atoms with van der Waals surface area (Å²) in [5.41, 5.74) is 1.18. The predicted octanol–water partition coefficient (Wildman–Crippen LogP) is 5.10. The van der Waals surface area contributed by atoms with Crippen LogP contribution in [0.4, 0.5) is 0 Å². The van der Waals surface area contributed by atoms with E-state index >= 15 is 0 Å². The van der Waals surface area contributed by atoms with Gasteiger partial charge in [0.25, 0.3) is 0 Å². The van der Waals surface area contributed by atoms with Crippen LogP contribution in [-0.2, 0) is 5.54 Å². The van der Waals surface area contributed by atoms with Crippen LogP contribution in [0.3, 0.4) is 0 Å². The zero-order valence-electron chi connectivity index (χ0n) is 11.8. The van der Waals surface area contributed by atoms with Crippen molar-refractivity contribution in [2.75, 3.05) is 0 Å². The van der Waals surface area contributed by atoms with Gasteiger partial charge in [0, 0.05) is 0 Å². The Bertz CT molecular complexity index is 395. The Morgan fingerprint density at radius 3 is 2.11 bits per heavy atom. The highest BCUT2D eigenvalue weighted by molar-refractivity contribution is 5.25. The Hall–Kier alpha value is -1.18. The normalized spacial score (nSPS) is 20.2. The molecule has 1 fully saturated rings. The molecular formula is C16H24N2. The quantitative estimate of drug-likeness (QED) is 0.647. The zero-order valence-corrected chi connectivity index (χ0v) is 11.8. The van der Waals surface area contributed by atoms with E-state index in [9.17, 15) is 0 Å². The van der Waals surface area contributed by atoms with Gasteiger partial charge < -0.3 is 0 Å². The lowest BCUT2D eigenvalue weighted by atomic mass is 9.77. The van der Waals surface area contributed by atoms with Gasteiger partial charge in [-0.1, -0.05) is 49.6 Å². The van der Waals surface area contributed by atoms with Crippen LogP contribution in [0.15, 0.2) is 40.6 Å². The van der Waals surface area contributed by atoms with Crippen LogP contribution >= 0.6 is 0 Å². The second-order valence-electron chi connectivity index (χ2n) is 6.33. The molecule has 0 atom stereocenters. The highest BCUT2D eigenvalue weighted by Gasteiger charge is 2.34. The molecular weight excluding hydrogens is 220 g/mol. The van der Waals surface area contributed by atoms with Crippen molar-refractivity contribution in [3.63, 3.8) is 0 Å². The van der Waals surface area contributed by atoms with Gasteiger partial charge in [0.15, 0.2) is 0 Å². The van der Waals surface area contributed by atoms with Gasteiger partial charge in [-0.2, -0.15) is 10.2 Å². The third kappa shape index (κ3) is 3.18. The van der Waals surface area contributed by atoms with E-state index in [4.69, 9.17) is 5.11 Å². The van der Waals surface area contributed by atoms with Crippen molar-refractivity contribution in [1.29, 1.82) is 0 Å². The summed E-state index contributed by atoms with van der Waals surface area (Å²) in [6, 6.07) is 10.7. The Labute approximate surface area is 111 Å². The average molecular weight is 244 g/mol. The minimum Gasteiger partial charge on any atom is -0.187 e. The molecule has 0 aliphatic heterocycles. The summed E-state index contributed by atoms with van der Waals surface area (Å²) >= 11 is 0. The SMILES string of the molecule is CC(C)(C)N=NC1(c2ccccc2)CCCCC1. The molecule has 1 aromatic rings. The van der Waals surface area contributed by atoms with Crippen LogP contribution in [0.2, 0.25) is 0 Å². The first-order chi connectivity index (χ1) is 8.52. The van der Waals surface area contributed by atoms with Gasteiger partial charge in [-0.25, -0.2) is 0 Å². The van der Waals surface area contributed by atoms with Gasteiger partial charge in [-0.05, 0) is 39.2 Å². The minimum absolute atomic E-state index is 0.0627. The molecule has 0 N–H and O–H groups in total. The lowest BCUT2D eigenvalue weighted by Gasteiger charge is -2.33. The topological polar surface area (TPSA) is 24.7 Å².